The molecule has 0 fully saturated rings. The standard InChI is InChI=1S/C18H17ClN2OS/c1-3-23-18-20-12-17(13-4-10-16(22-2)11-5-13)21(18)15-8-6-14(19)7-9-15/h4-12H,3H2,1-2H3. The van der Waals surface area contributed by atoms with E-state index in [0.29, 0.717) is 0 Å². The molecular weight excluding hydrogens is 328 g/mol. The van der Waals surface area contributed by atoms with Crippen molar-refractivity contribution in [3.63, 3.8) is 0 Å². The maximum absolute atomic E-state index is 6.02. The zero-order chi connectivity index (χ0) is 16.2. The summed E-state index contributed by atoms with van der Waals surface area (Å²) in [5.74, 6) is 1.81. The lowest BCUT2D eigenvalue weighted by Crippen LogP contribution is -1.99. The summed E-state index contributed by atoms with van der Waals surface area (Å²) in [7, 11) is 1.67. The van der Waals surface area contributed by atoms with Crippen molar-refractivity contribution in [1.29, 1.82) is 0 Å². The zero-order valence-corrected chi connectivity index (χ0v) is 14.6. The van der Waals surface area contributed by atoms with Gasteiger partial charge in [-0.2, -0.15) is 0 Å². The molecular formula is C18H17ClN2OS. The first-order valence-electron chi connectivity index (χ1n) is 7.34. The molecule has 0 atom stereocenters. The van der Waals surface area contributed by atoms with Crippen LogP contribution >= 0.6 is 23.4 Å². The van der Waals surface area contributed by atoms with E-state index in [9.17, 15) is 0 Å². The van der Waals surface area contributed by atoms with E-state index in [4.69, 9.17) is 16.3 Å². The Kier molecular flexibility index (Phi) is 4.94. The van der Waals surface area contributed by atoms with Crippen LogP contribution in [0.2, 0.25) is 5.02 Å². The van der Waals surface area contributed by atoms with Crippen LogP contribution in [0.25, 0.3) is 16.9 Å². The quantitative estimate of drug-likeness (QED) is 0.586. The molecule has 0 aliphatic rings. The van der Waals surface area contributed by atoms with Gasteiger partial charge in [0.25, 0.3) is 0 Å². The molecule has 0 aliphatic carbocycles. The Balaban J connectivity index is 2.11. The minimum Gasteiger partial charge on any atom is -0.497 e. The Morgan fingerprint density at radius 3 is 2.39 bits per heavy atom. The maximum atomic E-state index is 6.02. The summed E-state index contributed by atoms with van der Waals surface area (Å²) in [4.78, 5) is 4.59. The minimum atomic E-state index is 0.726. The largest absolute Gasteiger partial charge is 0.497 e. The third-order valence-corrected chi connectivity index (χ3v) is 4.56. The SMILES string of the molecule is CCSc1ncc(-c2ccc(OC)cc2)n1-c1ccc(Cl)cc1. The molecule has 0 unspecified atom stereocenters. The fourth-order valence-corrected chi connectivity index (χ4v) is 3.22. The third-order valence-electron chi connectivity index (χ3n) is 3.47. The number of nitrogens with zero attached hydrogens (tertiary/aromatic N) is 2. The van der Waals surface area contributed by atoms with Gasteiger partial charge in [-0.15, -0.1) is 0 Å². The summed E-state index contributed by atoms with van der Waals surface area (Å²) in [6, 6.07) is 15.8. The molecule has 2 aromatic carbocycles. The van der Waals surface area contributed by atoms with Crippen LogP contribution in [-0.2, 0) is 0 Å². The van der Waals surface area contributed by atoms with Gasteiger partial charge in [0.1, 0.15) is 5.75 Å². The number of halogens is 1. The summed E-state index contributed by atoms with van der Waals surface area (Å²) < 4.78 is 7.39. The highest BCUT2D eigenvalue weighted by molar-refractivity contribution is 7.99. The molecule has 3 aromatic rings. The van der Waals surface area contributed by atoms with E-state index in [1.807, 2.05) is 54.7 Å². The highest BCUT2D eigenvalue weighted by Crippen LogP contribution is 2.31. The van der Waals surface area contributed by atoms with Crippen LogP contribution in [0.4, 0.5) is 0 Å². The summed E-state index contributed by atoms with van der Waals surface area (Å²) in [5, 5.41) is 1.70. The Hall–Kier alpha value is -1.91. The van der Waals surface area contributed by atoms with Gasteiger partial charge in [-0.05, 0) is 54.3 Å². The molecule has 0 N–H and O–H groups in total. The molecule has 1 aromatic heterocycles. The van der Waals surface area contributed by atoms with Crippen LogP contribution in [0, 0.1) is 0 Å². The molecule has 0 saturated carbocycles. The minimum absolute atomic E-state index is 0.726. The van der Waals surface area contributed by atoms with E-state index in [0.717, 1.165) is 38.6 Å². The molecule has 118 valence electrons. The van der Waals surface area contributed by atoms with Gasteiger partial charge in [-0.3, -0.25) is 4.57 Å². The fraction of sp³-hybridized carbons (Fsp3) is 0.167. The van der Waals surface area contributed by atoms with Crippen molar-refractivity contribution in [2.24, 2.45) is 0 Å². The van der Waals surface area contributed by atoms with Crippen molar-refractivity contribution < 1.29 is 4.74 Å². The number of aromatic nitrogens is 2. The number of thioether (sulfide) groups is 1. The Bertz CT molecular complexity index is 782. The fourth-order valence-electron chi connectivity index (χ4n) is 2.37. The Labute approximate surface area is 145 Å². The molecule has 0 saturated heterocycles. The van der Waals surface area contributed by atoms with Crippen LogP contribution in [0.15, 0.2) is 59.9 Å². The van der Waals surface area contributed by atoms with Gasteiger partial charge in [0.2, 0.25) is 0 Å². The maximum Gasteiger partial charge on any atom is 0.173 e. The van der Waals surface area contributed by atoms with Crippen LogP contribution in [0.1, 0.15) is 6.92 Å². The normalized spacial score (nSPS) is 10.7. The van der Waals surface area contributed by atoms with Gasteiger partial charge >= 0.3 is 0 Å². The number of benzene rings is 2. The van der Waals surface area contributed by atoms with Gasteiger partial charge in [0, 0.05) is 16.3 Å². The molecule has 5 heteroatoms. The smallest absolute Gasteiger partial charge is 0.173 e. The number of hydrogen-bond acceptors (Lipinski definition) is 3. The van der Waals surface area contributed by atoms with Crippen molar-refractivity contribution in [3.8, 4) is 22.7 Å². The number of ether oxygens (including phenoxy) is 1. The number of imidazole rings is 1. The molecule has 23 heavy (non-hydrogen) atoms. The second-order valence-electron chi connectivity index (χ2n) is 4.90. The first kappa shape index (κ1) is 16.0. The number of methoxy groups -OCH3 is 1. The molecule has 0 spiro atoms. The average molecular weight is 345 g/mol. The van der Waals surface area contributed by atoms with Crippen LogP contribution < -0.4 is 4.74 Å². The van der Waals surface area contributed by atoms with Gasteiger partial charge < -0.3 is 4.74 Å². The lowest BCUT2D eigenvalue weighted by Gasteiger charge is -2.12. The van der Waals surface area contributed by atoms with Gasteiger partial charge in [-0.25, -0.2) is 4.98 Å². The number of rotatable bonds is 5. The lowest BCUT2D eigenvalue weighted by molar-refractivity contribution is 0.415. The highest BCUT2D eigenvalue weighted by atomic mass is 35.5. The summed E-state index contributed by atoms with van der Waals surface area (Å²) >= 11 is 7.74. The van der Waals surface area contributed by atoms with Crippen molar-refractivity contribution in [2.75, 3.05) is 12.9 Å². The van der Waals surface area contributed by atoms with E-state index in [1.54, 1.807) is 18.9 Å². The molecule has 3 nitrogen and oxygen atoms in total. The number of hydrogen-bond donors (Lipinski definition) is 0. The van der Waals surface area contributed by atoms with Crippen molar-refractivity contribution in [3.05, 3.63) is 59.8 Å². The monoisotopic (exact) mass is 344 g/mol. The van der Waals surface area contributed by atoms with Crippen molar-refractivity contribution in [1.82, 2.24) is 9.55 Å². The summed E-state index contributed by atoms with van der Waals surface area (Å²) in [6.45, 7) is 2.12. The van der Waals surface area contributed by atoms with Crippen molar-refractivity contribution >= 4 is 23.4 Å². The predicted octanol–water partition coefficient (Wildman–Crippen LogP) is 5.31. The van der Waals surface area contributed by atoms with E-state index in [-0.39, 0.29) is 0 Å². The van der Waals surface area contributed by atoms with E-state index in [1.165, 1.54) is 0 Å². The predicted molar refractivity (Wildman–Crippen MR) is 97.0 cm³/mol. The van der Waals surface area contributed by atoms with E-state index < -0.39 is 0 Å². The van der Waals surface area contributed by atoms with Gasteiger partial charge in [0.15, 0.2) is 5.16 Å². The van der Waals surface area contributed by atoms with E-state index >= 15 is 0 Å². The Morgan fingerprint density at radius 2 is 1.78 bits per heavy atom. The first-order valence-corrected chi connectivity index (χ1v) is 8.70. The molecule has 0 amide bonds. The molecule has 0 aliphatic heterocycles. The molecule has 1 heterocycles. The van der Waals surface area contributed by atoms with Crippen LogP contribution in [0.5, 0.6) is 5.75 Å². The second-order valence-corrected chi connectivity index (χ2v) is 6.57. The Morgan fingerprint density at radius 1 is 1.09 bits per heavy atom. The average Bonchev–Trinajstić information content (AvgIpc) is 3.00. The van der Waals surface area contributed by atoms with Gasteiger partial charge in [0.05, 0.1) is 19.0 Å². The molecule has 0 bridgehead atoms. The summed E-state index contributed by atoms with van der Waals surface area (Å²) in [5.41, 5.74) is 3.19. The summed E-state index contributed by atoms with van der Waals surface area (Å²) in [6.07, 6.45) is 1.91. The third kappa shape index (κ3) is 3.38. The lowest BCUT2D eigenvalue weighted by atomic mass is 10.1. The first-order chi connectivity index (χ1) is 11.2. The van der Waals surface area contributed by atoms with Crippen molar-refractivity contribution in [2.45, 2.75) is 12.1 Å². The second kappa shape index (κ2) is 7.11. The zero-order valence-electron chi connectivity index (χ0n) is 13.0. The van der Waals surface area contributed by atoms with Crippen LogP contribution in [0.3, 0.4) is 0 Å². The topological polar surface area (TPSA) is 27.1 Å². The molecule has 0 radical (unpaired) electrons. The highest BCUT2D eigenvalue weighted by Gasteiger charge is 2.13. The molecule has 3 rings (SSSR count). The van der Waals surface area contributed by atoms with Crippen LogP contribution in [-0.4, -0.2) is 22.4 Å². The van der Waals surface area contributed by atoms with E-state index in [2.05, 4.69) is 16.5 Å². The van der Waals surface area contributed by atoms with Gasteiger partial charge in [-0.1, -0.05) is 30.3 Å².